The zero-order valence-electron chi connectivity index (χ0n) is 18.6. The quantitative estimate of drug-likeness (QED) is 0.521. The lowest BCUT2D eigenvalue weighted by Crippen LogP contribution is -2.25. The predicted octanol–water partition coefficient (Wildman–Crippen LogP) is 2.59. The van der Waals surface area contributed by atoms with E-state index < -0.39 is 9.84 Å². The SMILES string of the molecule is Cc1c(-c2nc(Nc3ccc(CS(C)(=O)=O)nc3)cc3c2CCNC3)cnc2c1NCCO2. The predicted molar refractivity (Wildman–Crippen MR) is 128 cm³/mol. The summed E-state index contributed by atoms with van der Waals surface area (Å²) in [6, 6.07) is 5.59. The van der Waals surface area contributed by atoms with Crippen molar-refractivity contribution in [3.8, 4) is 17.1 Å². The van der Waals surface area contributed by atoms with Crippen molar-refractivity contribution < 1.29 is 13.2 Å². The Morgan fingerprint density at radius 3 is 2.85 bits per heavy atom. The second kappa shape index (κ2) is 8.60. The van der Waals surface area contributed by atoms with Crippen molar-refractivity contribution in [3.05, 3.63) is 53.0 Å². The summed E-state index contributed by atoms with van der Waals surface area (Å²) in [7, 11) is -3.13. The number of anilines is 3. The number of nitrogens with one attached hydrogen (secondary N) is 3. The molecule has 2 aliphatic rings. The molecule has 0 radical (unpaired) electrons. The molecule has 0 amide bonds. The standard InChI is InChI=1S/C23H26N6O3S/c1-14-19(12-27-23-21(14)25-7-8-32-23)22-18-5-6-24-10-15(18)9-20(29-22)28-16-3-4-17(26-11-16)13-33(2,30)31/h3-4,9,11-12,24-25H,5-8,10,13H2,1-2H3,(H,28,29). The molecule has 5 rings (SSSR count). The molecule has 3 aromatic rings. The Morgan fingerprint density at radius 2 is 2.06 bits per heavy atom. The first-order chi connectivity index (χ1) is 15.9. The fourth-order valence-corrected chi connectivity index (χ4v) is 4.95. The molecule has 172 valence electrons. The minimum atomic E-state index is -3.13. The molecule has 33 heavy (non-hydrogen) atoms. The van der Waals surface area contributed by atoms with Crippen LogP contribution in [-0.4, -0.2) is 49.3 Å². The Hall–Kier alpha value is -3.24. The van der Waals surface area contributed by atoms with Gasteiger partial charge in [0, 0.05) is 31.1 Å². The number of aromatic nitrogens is 3. The van der Waals surface area contributed by atoms with Crippen molar-refractivity contribution in [1.29, 1.82) is 0 Å². The summed E-state index contributed by atoms with van der Waals surface area (Å²) in [4.78, 5) is 13.8. The lowest BCUT2D eigenvalue weighted by atomic mass is 9.94. The van der Waals surface area contributed by atoms with Gasteiger partial charge in [-0.05, 0) is 54.8 Å². The molecule has 3 aromatic heterocycles. The van der Waals surface area contributed by atoms with Crippen LogP contribution in [0.25, 0.3) is 11.3 Å². The van der Waals surface area contributed by atoms with Gasteiger partial charge in [-0.15, -0.1) is 0 Å². The summed E-state index contributed by atoms with van der Waals surface area (Å²) in [6.45, 7) is 5.09. The second-order valence-corrected chi connectivity index (χ2v) is 10.5. The number of fused-ring (bicyclic) bond motifs is 2. The van der Waals surface area contributed by atoms with Gasteiger partial charge in [-0.25, -0.2) is 18.4 Å². The van der Waals surface area contributed by atoms with E-state index in [0.717, 1.165) is 54.3 Å². The van der Waals surface area contributed by atoms with E-state index in [1.165, 1.54) is 17.4 Å². The fraction of sp³-hybridized carbons (Fsp3) is 0.348. The third kappa shape index (κ3) is 4.62. The minimum absolute atomic E-state index is 0.0808. The van der Waals surface area contributed by atoms with Crippen LogP contribution in [0.4, 0.5) is 17.2 Å². The van der Waals surface area contributed by atoms with Gasteiger partial charge in [-0.1, -0.05) is 0 Å². The van der Waals surface area contributed by atoms with Crippen molar-refractivity contribution in [2.45, 2.75) is 25.6 Å². The number of hydrogen-bond acceptors (Lipinski definition) is 9. The molecule has 0 fully saturated rings. The van der Waals surface area contributed by atoms with Gasteiger partial charge in [0.25, 0.3) is 0 Å². The first kappa shape index (κ1) is 21.6. The molecular formula is C23H26N6O3S. The third-order valence-electron chi connectivity index (χ3n) is 5.79. The summed E-state index contributed by atoms with van der Waals surface area (Å²) in [5.41, 5.74) is 7.55. The molecule has 0 saturated heterocycles. The Morgan fingerprint density at radius 1 is 1.18 bits per heavy atom. The Bertz CT molecular complexity index is 1310. The summed E-state index contributed by atoms with van der Waals surface area (Å²) < 4.78 is 28.7. The highest BCUT2D eigenvalue weighted by molar-refractivity contribution is 7.89. The summed E-state index contributed by atoms with van der Waals surface area (Å²) in [5, 5.41) is 10.2. The molecular weight excluding hydrogens is 440 g/mol. The van der Waals surface area contributed by atoms with Gasteiger partial charge in [0.2, 0.25) is 5.88 Å². The zero-order valence-corrected chi connectivity index (χ0v) is 19.4. The summed E-state index contributed by atoms with van der Waals surface area (Å²) in [5.74, 6) is 1.25. The van der Waals surface area contributed by atoms with E-state index in [9.17, 15) is 8.42 Å². The van der Waals surface area contributed by atoms with E-state index in [4.69, 9.17) is 9.72 Å². The average Bonchev–Trinajstić information content (AvgIpc) is 2.79. The van der Waals surface area contributed by atoms with Crippen LogP contribution in [0.5, 0.6) is 5.88 Å². The highest BCUT2D eigenvalue weighted by Crippen LogP contribution is 2.38. The van der Waals surface area contributed by atoms with E-state index in [1.54, 1.807) is 12.3 Å². The first-order valence-electron chi connectivity index (χ1n) is 10.9. The van der Waals surface area contributed by atoms with Crippen LogP contribution < -0.4 is 20.7 Å². The lowest BCUT2D eigenvalue weighted by Gasteiger charge is -2.24. The smallest absolute Gasteiger partial charge is 0.237 e. The number of sulfone groups is 1. The molecule has 9 nitrogen and oxygen atoms in total. The van der Waals surface area contributed by atoms with E-state index >= 15 is 0 Å². The molecule has 0 aliphatic carbocycles. The molecule has 0 bridgehead atoms. The average molecular weight is 467 g/mol. The fourth-order valence-electron chi connectivity index (χ4n) is 4.24. The van der Waals surface area contributed by atoms with Crippen LogP contribution >= 0.6 is 0 Å². The van der Waals surface area contributed by atoms with Crippen LogP contribution in [0.2, 0.25) is 0 Å². The van der Waals surface area contributed by atoms with Gasteiger partial charge in [-0.2, -0.15) is 0 Å². The molecule has 0 saturated carbocycles. The molecule has 0 atom stereocenters. The zero-order chi connectivity index (χ0) is 23.0. The second-order valence-electron chi connectivity index (χ2n) is 8.41. The normalized spacial score (nSPS) is 15.1. The van der Waals surface area contributed by atoms with Crippen LogP contribution in [-0.2, 0) is 28.6 Å². The van der Waals surface area contributed by atoms with E-state index in [1.807, 2.05) is 12.3 Å². The number of rotatable bonds is 5. The first-order valence-corrected chi connectivity index (χ1v) is 12.9. The maximum atomic E-state index is 11.5. The van der Waals surface area contributed by atoms with E-state index in [2.05, 4.69) is 38.9 Å². The van der Waals surface area contributed by atoms with Gasteiger partial charge in [0.05, 0.1) is 29.0 Å². The third-order valence-corrected chi connectivity index (χ3v) is 6.61. The van der Waals surface area contributed by atoms with Gasteiger partial charge in [-0.3, -0.25) is 4.98 Å². The highest BCUT2D eigenvalue weighted by Gasteiger charge is 2.22. The van der Waals surface area contributed by atoms with Crippen molar-refractivity contribution in [1.82, 2.24) is 20.3 Å². The summed E-state index contributed by atoms with van der Waals surface area (Å²) in [6.07, 6.45) is 5.57. The molecule has 0 unspecified atom stereocenters. The van der Waals surface area contributed by atoms with Crippen molar-refractivity contribution in [2.24, 2.45) is 0 Å². The number of pyridine rings is 3. The Labute approximate surface area is 193 Å². The Balaban J connectivity index is 1.51. The van der Waals surface area contributed by atoms with Gasteiger partial charge in [0.15, 0.2) is 9.84 Å². The van der Waals surface area contributed by atoms with Crippen LogP contribution in [0.3, 0.4) is 0 Å². The van der Waals surface area contributed by atoms with E-state index in [0.29, 0.717) is 24.0 Å². The molecule has 3 N–H and O–H groups in total. The summed E-state index contributed by atoms with van der Waals surface area (Å²) >= 11 is 0. The van der Waals surface area contributed by atoms with Crippen LogP contribution in [0.1, 0.15) is 22.4 Å². The number of ether oxygens (including phenoxy) is 1. The van der Waals surface area contributed by atoms with Crippen molar-refractivity contribution in [2.75, 3.05) is 36.6 Å². The number of hydrogen-bond donors (Lipinski definition) is 3. The highest BCUT2D eigenvalue weighted by atomic mass is 32.2. The van der Waals surface area contributed by atoms with Crippen LogP contribution in [0.15, 0.2) is 30.6 Å². The molecule has 0 spiro atoms. The molecule has 2 aliphatic heterocycles. The molecule has 5 heterocycles. The molecule has 10 heteroatoms. The van der Waals surface area contributed by atoms with E-state index in [-0.39, 0.29) is 5.75 Å². The maximum absolute atomic E-state index is 11.5. The minimum Gasteiger partial charge on any atom is -0.474 e. The largest absolute Gasteiger partial charge is 0.474 e. The molecule has 0 aromatic carbocycles. The Kier molecular flexibility index (Phi) is 5.63. The maximum Gasteiger partial charge on any atom is 0.237 e. The number of nitrogens with zero attached hydrogens (tertiary/aromatic N) is 3. The van der Waals surface area contributed by atoms with Gasteiger partial charge in [0.1, 0.15) is 18.1 Å². The topological polar surface area (TPSA) is 118 Å². The van der Waals surface area contributed by atoms with Gasteiger partial charge < -0.3 is 20.7 Å². The van der Waals surface area contributed by atoms with Crippen molar-refractivity contribution >= 4 is 27.0 Å². The monoisotopic (exact) mass is 466 g/mol. The van der Waals surface area contributed by atoms with Crippen LogP contribution in [0, 0.1) is 6.92 Å². The lowest BCUT2D eigenvalue weighted by molar-refractivity contribution is 0.310. The van der Waals surface area contributed by atoms with Gasteiger partial charge >= 0.3 is 0 Å². The van der Waals surface area contributed by atoms with Crippen molar-refractivity contribution in [3.63, 3.8) is 0 Å².